The van der Waals surface area contributed by atoms with Gasteiger partial charge in [-0.2, -0.15) is 0 Å². The third-order valence-corrected chi connectivity index (χ3v) is 2.87. The van der Waals surface area contributed by atoms with Crippen LogP contribution in [-0.2, 0) is 0 Å². The molecule has 2 rings (SSSR count). The fraction of sp³-hybridized carbons (Fsp3) is 0.400. The lowest BCUT2D eigenvalue weighted by atomic mass is 10.1. The Hall–Kier alpha value is -0.700. The summed E-state index contributed by atoms with van der Waals surface area (Å²) < 4.78 is 1.12. The van der Waals surface area contributed by atoms with E-state index >= 15 is 0 Å². The highest BCUT2D eigenvalue weighted by Crippen LogP contribution is 2.29. The van der Waals surface area contributed by atoms with E-state index in [4.69, 9.17) is 0 Å². The van der Waals surface area contributed by atoms with Gasteiger partial charge in [0.05, 0.1) is 11.4 Å². The van der Waals surface area contributed by atoms with Crippen LogP contribution in [0.3, 0.4) is 0 Å². The predicted molar refractivity (Wildman–Crippen MR) is 60.3 cm³/mol. The van der Waals surface area contributed by atoms with Crippen molar-refractivity contribution in [1.29, 1.82) is 0 Å². The number of hydrogen-bond donors (Lipinski definition) is 2. The Bertz CT molecular complexity index is 312. The van der Waals surface area contributed by atoms with Crippen molar-refractivity contribution in [3.8, 4) is 0 Å². The standard InChI is InChI=1S/C10H13BrN2/c1-2-8-6-12-10-5-7(11)3-4-9(10)13-8/h3-5,8,12-13H,2,6H2,1H3. The highest BCUT2D eigenvalue weighted by molar-refractivity contribution is 9.10. The minimum Gasteiger partial charge on any atom is -0.381 e. The van der Waals surface area contributed by atoms with Crippen molar-refractivity contribution in [3.05, 3.63) is 22.7 Å². The van der Waals surface area contributed by atoms with Gasteiger partial charge in [0.25, 0.3) is 0 Å². The van der Waals surface area contributed by atoms with E-state index in [1.807, 2.05) is 0 Å². The molecule has 0 aliphatic carbocycles. The van der Waals surface area contributed by atoms with Crippen LogP contribution in [0.2, 0.25) is 0 Å². The first-order valence-corrected chi connectivity index (χ1v) is 5.39. The minimum atomic E-state index is 0.564. The average molecular weight is 241 g/mol. The Kier molecular flexibility index (Phi) is 2.44. The van der Waals surface area contributed by atoms with Crippen molar-refractivity contribution in [3.63, 3.8) is 0 Å². The molecule has 0 saturated heterocycles. The van der Waals surface area contributed by atoms with Crippen LogP contribution >= 0.6 is 15.9 Å². The lowest BCUT2D eigenvalue weighted by Gasteiger charge is -2.27. The van der Waals surface area contributed by atoms with Crippen molar-refractivity contribution in [1.82, 2.24) is 0 Å². The van der Waals surface area contributed by atoms with Gasteiger partial charge in [0, 0.05) is 17.1 Å². The van der Waals surface area contributed by atoms with Gasteiger partial charge in [0.15, 0.2) is 0 Å². The maximum absolute atomic E-state index is 3.49. The Morgan fingerprint density at radius 1 is 1.46 bits per heavy atom. The third kappa shape index (κ3) is 1.80. The Morgan fingerprint density at radius 2 is 2.31 bits per heavy atom. The highest BCUT2D eigenvalue weighted by atomic mass is 79.9. The second kappa shape index (κ2) is 3.58. The van der Waals surface area contributed by atoms with E-state index in [0.717, 1.165) is 17.4 Å². The zero-order chi connectivity index (χ0) is 9.26. The molecule has 2 nitrogen and oxygen atoms in total. The number of hydrogen-bond acceptors (Lipinski definition) is 2. The zero-order valence-corrected chi connectivity index (χ0v) is 9.19. The molecule has 1 heterocycles. The van der Waals surface area contributed by atoms with Crippen LogP contribution in [0.1, 0.15) is 13.3 Å². The molecule has 0 fully saturated rings. The lowest BCUT2D eigenvalue weighted by molar-refractivity contribution is 0.713. The first-order valence-electron chi connectivity index (χ1n) is 4.59. The van der Waals surface area contributed by atoms with Gasteiger partial charge in [0.2, 0.25) is 0 Å². The molecular weight excluding hydrogens is 228 g/mol. The van der Waals surface area contributed by atoms with Gasteiger partial charge in [-0.1, -0.05) is 22.9 Å². The number of halogens is 1. The summed E-state index contributed by atoms with van der Waals surface area (Å²) in [6.07, 6.45) is 1.16. The van der Waals surface area contributed by atoms with Crippen LogP contribution in [0, 0.1) is 0 Å². The van der Waals surface area contributed by atoms with Gasteiger partial charge in [-0.25, -0.2) is 0 Å². The molecule has 70 valence electrons. The first kappa shape index (κ1) is 8.88. The summed E-state index contributed by atoms with van der Waals surface area (Å²) in [4.78, 5) is 0. The van der Waals surface area contributed by atoms with Crippen LogP contribution in [0.25, 0.3) is 0 Å². The molecule has 0 saturated carbocycles. The topological polar surface area (TPSA) is 24.1 Å². The number of nitrogens with one attached hydrogen (secondary N) is 2. The Balaban J connectivity index is 2.26. The van der Waals surface area contributed by atoms with Gasteiger partial charge in [-0.05, 0) is 24.6 Å². The van der Waals surface area contributed by atoms with E-state index in [-0.39, 0.29) is 0 Å². The van der Waals surface area contributed by atoms with Crippen molar-refractivity contribution in [2.24, 2.45) is 0 Å². The van der Waals surface area contributed by atoms with Gasteiger partial charge in [-0.3, -0.25) is 0 Å². The van der Waals surface area contributed by atoms with Gasteiger partial charge in [-0.15, -0.1) is 0 Å². The fourth-order valence-corrected chi connectivity index (χ4v) is 1.90. The van der Waals surface area contributed by atoms with Crippen LogP contribution < -0.4 is 10.6 Å². The average Bonchev–Trinajstić information content (AvgIpc) is 2.17. The van der Waals surface area contributed by atoms with E-state index in [0.29, 0.717) is 6.04 Å². The smallest absolute Gasteiger partial charge is 0.0588 e. The summed E-state index contributed by atoms with van der Waals surface area (Å²) >= 11 is 3.45. The zero-order valence-electron chi connectivity index (χ0n) is 7.60. The molecule has 0 bridgehead atoms. The van der Waals surface area contributed by atoms with Crippen molar-refractivity contribution in [2.75, 3.05) is 17.2 Å². The fourth-order valence-electron chi connectivity index (χ4n) is 1.54. The molecule has 1 aliphatic heterocycles. The maximum Gasteiger partial charge on any atom is 0.0588 e. The highest BCUT2D eigenvalue weighted by Gasteiger charge is 2.14. The van der Waals surface area contributed by atoms with Crippen molar-refractivity contribution in [2.45, 2.75) is 19.4 Å². The molecule has 0 spiro atoms. The SMILES string of the molecule is CCC1CNc2cc(Br)ccc2N1. The van der Waals surface area contributed by atoms with Crippen LogP contribution in [0.4, 0.5) is 11.4 Å². The summed E-state index contributed by atoms with van der Waals surface area (Å²) in [5.74, 6) is 0. The maximum atomic E-state index is 3.49. The Labute approximate surface area is 86.9 Å². The summed E-state index contributed by atoms with van der Waals surface area (Å²) in [5.41, 5.74) is 2.40. The summed E-state index contributed by atoms with van der Waals surface area (Å²) in [6, 6.07) is 6.84. The van der Waals surface area contributed by atoms with Crippen LogP contribution in [0.5, 0.6) is 0 Å². The Morgan fingerprint density at radius 3 is 3.08 bits per heavy atom. The van der Waals surface area contributed by atoms with Crippen LogP contribution in [0.15, 0.2) is 22.7 Å². The molecule has 1 atom stereocenters. The summed E-state index contributed by atoms with van der Waals surface area (Å²) in [7, 11) is 0. The molecule has 0 aromatic heterocycles. The molecule has 0 radical (unpaired) electrons. The predicted octanol–water partition coefficient (Wildman–Crippen LogP) is 3.07. The summed E-state index contributed by atoms with van der Waals surface area (Å²) in [6.45, 7) is 3.21. The van der Waals surface area contributed by atoms with E-state index < -0.39 is 0 Å². The molecule has 1 aromatic rings. The van der Waals surface area contributed by atoms with Crippen molar-refractivity contribution < 1.29 is 0 Å². The van der Waals surface area contributed by atoms with Crippen molar-refractivity contribution >= 4 is 27.3 Å². The first-order chi connectivity index (χ1) is 6.29. The third-order valence-electron chi connectivity index (χ3n) is 2.37. The molecule has 3 heteroatoms. The second-order valence-corrected chi connectivity index (χ2v) is 4.24. The van der Waals surface area contributed by atoms with E-state index in [1.54, 1.807) is 0 Å². The number of rotatable bonds is 1. The van der Waals surface area contributed by atoms with E-state index in [2.05, 4.69) is 51.7 Å². The lowest BCUT2D eigenvalue weighted by Crippen LogP contribution is -2.32. The molecule has 2 N–H and O–H groups in total. The van der Waals surface area contributed by atoms with Gasteiger partial charge in [0.1, 0.15) is 0 Å². The monoisotopic (exact) mass is 240 g/mol. The molecule has 0 amide bonds. The summed E-state index contributed by atoms with van der Waals surface area (Å²) in [5, 5.41) is 6.90. The largest absolute Gasteiger partial charge is 0.381 e. The number of benzene rings is 1. The number of fused-ring (bicyclic) bond motifs is 1. The molecular formula is C10H13BrN2. The van der Waals surface area contributed by atoms with Crippen LogP contribution in [-0.4, -0.2) is 12.6 Å². The number of anilines is 2. The minimum absolute atomic E-state index is 0.564. The second-order valence-electron chi connectivity index (χ2n) is 3.32. The molecule has 1 aromatic carbocycles. The molecule has 1 aliphatic rings. The van der Waals surface area contributed by atoms with E-state index in [9.17, 15) is 0 Å². The molecule has 1 unspecified atom stereocenters. The normalized spacial score (nSPS) is 20.0. The molecule has 13 heavy (non-hydrogen) atoms. The van der Waals surface area contributed by atoms with E-state index in [1.165, 1.54) is 11.4 Å². The van der Waals surface area contributed by atoms with Gasteiger partial charge < -0.3 is 10.6 Å². The quantitative estimate of drug-likeness (QED) is 0.789. The van der Waals surface area contributed by atoms with Gasteiger partial charge >= 0.3 is 0 Å².